The van der Waals surface area contributed by atoms with Crippen LogP contribution >= 0.6 is 0 Å². The lowest BCUT2D eigenvalue weighted by Gasteiger charge is -2.13. The molecule has 0 bridgehead atoms. The summed E-state index contributed by atoms with van der Waals surface area (Å²) in [6.45, 7) is 30.4. The second-order valence-corrected chi connectivity index (χ2v) is 23.0. The second kappa shape index (κ2) is 61.7. The molecule has 6 atom stereocenters. The van der Waals surface area contributed by atoms with Gasteiger partial charge in [-0.15, -0.1) is 0 Å². The van der Waals surface area contributed by atoms with Crippen LogP contribution < -0.4 is 0 Å². The van der Waals surface area contributed by atoms with Gasteiger partial charge in [-0.05, 0) is 185 Å². The lowest BCUT2D eigenvalue weighted by Crippen LogP contribution is -2.15. The Labute approximate surface area is 546 Å². The highest BCUT2D eigenvalue weighted by molar-refractivity contribution is 5.87. The van der Waals surface area contributed by atoms with Crippen LogP contribution in [0.5, 0.6) is 0 Å². The van der Waals surface area contributed by atoms with E-state index in [9.17, 15) is 43.2 Å². The number of ether oxygens (including phenoxy) is 14. The third kappa shape index (κ3) is 64.7. The number of unbranched alkanes of at least 4 members (excludes halogenated alkanes) is 6. The van der Waals surface area contributed by atoms with Gasteiger partial charge in [-0.3, -0.25) is 0 Å². The molecule has 0 radical (unpaired) electrons. The summed E-state index contributed by atoms with van der Waals surface area (Å²) in [4.78, 5) is 102. The molecule has 3 N–H and O–H groups in total. The molecule has 0 fully saturated rings. The van der Waals surface area contributed by atoms with Crippen molar-refractivity contribution in [3.8, 4) is 0 Å². The van der Waals surface area contributed by atoms with Crippen LogP contribution in [0.2, 0.25) is 0 Å². The highest BCUT2D eigenvalue weighted by atomic mass is 16.7. The largest absolute Gasteiger partial charge is 0.508 e. The first-order chi connectivity index (χ1) is 43.7. The van der Waals surface area contributed by atoms with Crippen molar-refractivity contribution in [2.45, 2.75) is 191 Å². The van der Waals surface area contributed by atoms with Crippen molar-refractivity contribution >= 4 is 54.8 Å². The van der Waals surface area contributed by atoms with Crippen LogP contribution in [0.15, 0.2) is 36.5 Å². The van der Waals surface area contributed by atoms with Crippen molar-refractivity contribution in [2.75, 3.05) is 106 Å². The highest BCUT2D eigenvalue weighted by Gasteiger charge is 2.15. The zero-order valence-electron chi connectivity index (χ0n) is 56.8. The fourth-order valence-corrected chi connectivity index (χ4v) is 6.99. The van der Waals surface area contributed by atoms with E-state index in [0.717, 1.165) is 25.7 Å². The minimum atomic E-state index is -0.935. The monoisotopic (exact) mass is 1320 g/mol. The van der Waals surface area contributed by atoms with Crippen LogP contribution in [0, 0.1) is 35.5 Å². The molecule has 0 aromatic rings. The number of carbonyl (C=O) groups is 9. The summed E-state index contributed by atoms with van der Waals surface area (Å²) >= 11 is 0. The molecule has 26 nitrogen and oxygen atoms in total. The molecule has 0 heterocycles. The number of esters is 2. The maximum absolute atomic E-state index is 11.8. The van der Waals surface area contributed by atoms with Crippen LogP contribution in [0.1, 0.15) is 191 Å². The zero-order chi connectivity index (χ0) is 69.7. The standard InChI is InChI=1S/C35H58O13.C27H50O11.C4H6O2/c1-26(2)31(36)41-20-12-28(5)14-22-45-33(38)43-18-10-8-9-11-19-44-34(39)46-23-16-30(7)17-25-48-35(40)47-24-15-29(6)13-21-42-32(37)27(3)4;1-22(8-14-28)10-18-35-25(30)33-16-6-4-5-7-17-34-26(31)36-20-12-24(3)13-21-38-27(32)37-19-11-23(2)9-15-29;1-3(2)4(5)6/h28-30H,1,3,8-25H2,2,4-7H3;22-24,28-29H,4-21H2,1-3H3;1H2,2H3,(H,5,6). The molecule has 6 unspecified atom stereocenters. The van der Waals surface area contributed by atoms with Gasteiger partial charge in [0, 0.05) is 29.9 Å². The first-order valence-electron chi connectivity index (χ1n) is 32.3. The quantitative estimate of drug-likeness (QED) is 0.0220. The average molecular weight is 1320 g/mol. The van der Waals surface area contributed by atoms with Crippen molar-refractivity contribution in [3.05, 3.63) is 36.5 Å². The third-order valence-electron chi connectivity index (χ3n) is 13.6. The van der Waals surface area contributed by atoms with E-state index in [0.29, 0.717) is 133 Å². The maximum atomic E-state index is 11.8. The first kappa shape index (κ1) is 89.4. The van der Waals surface area contributed by atoms with E-state index in [4.69, 9.17) is 81.6 Å². The first-order valence-corrected chi connectivity index (χ1v) is 32.3. The molecule has 0 saturated carbocycles. The molecule has 0 aromatic carbocycles. The smallest absolute Gasteiger partial charge is 0.478 e. The molecule has 26 heteroatoms. The Bertz CT molecular complexity index is 2020. The summed E-state index contributed by atoms with van der Waals surface area (Å²) in [5, 5.41) is 25.6. The zero-order valence-corrected chi connectivity index (χ0v) is 56.8. The van der Waals surface area contributed by atoms with Crippen molar-refractivity contribution in [1.82, 2.24) is 0 Å². The molecular formula is C66H114O26. The molecule has 92 heavy (non-hydrogen) atoms. The van der Waals surface area contributed by atoms with Gasteiger partial charge in [-0.2, -0.15) is 0 Å². The van der Waals surface area contributed by atoms with Crippen molar-refractivity contribution in [2.24, 2.45) is 35.5 Å². The van der Waals surface area contributed by atoms with E-state index in [1.807, 2.05) is 41.5 Å². The number of carbonyl (C=O) groups excluding carboxylic acids is 8. The summed E-state index contributed by atoms with van der Waals surface area (Å²) in [7, 11) is 0. The van der Waals surface area contributed by atoms with Gasteiger partial charge >= 0.3 is 54.8 Å². The Morgan fingerprint density at radius 3 is 0.565 bits per heavy atom. The van der Waals surface area contributed by atoms with Crippen LogP contribution in [-0.2, 0) is 80.7 Å². The molecule has 0 aliphatic rings. The Balaban J connectivity index is -0.00000161. The van der Waals surface area contributed by atoms with Gasteiger partial charge < -0.3 is 81.6 Å². The summed E-state index contributed by atoms with van der Waals surface area (Å²) in [5.74, 6) is -0.408. The molecule has 0 saturated heterocycles. The number of aliphatic carboxylic acids is 1. The summed E-state index contributed by atoms with van der Waals surface area (Å²) < 4.78 is 70.8. The molecule has 0 amide bonds. The van der Waals surface area contributed by atoms with Crippen molar-refractivity contribution < 1.29 is 125 Å². The van der Waals surface area contributed by atoms with Crippen molar-refractivity contribution in [1.29, 1.82) is 0 Å². The van der Waals surface area contributed by atoms with Gasteiger partial charge in [-0.1, -0.05) is 61.3 Å². The van der Waals surface area contributed by atoms with Gasteiger partial charge in [0.25, 0.3) is 0 Å². The number of aliphatic hydroxyl groups is 2. The van der Waals surface area contributed by atoms with Gasteiger partial charge in [0.15, 0.2) is 0 Å². The third-order valence-corrected chi connectivity index (χ3v) is 13.6. The highest BCUT2D eigenvalue weighted by Crippen LogP contribution is 2.15. The molecule has 0 spiro atoms. The van der Waals surface area contributed by atoms with E-state index in [1.54, 1.807) is 13.8 Å². The number of hydrogen-bond acceptors (Lipinski definition) is 25. The molecule has 0 aliphatic carbocycles. The van der Waals surface area contributed by atoms with Gasteiger partial charge in [0.1, 0.15) is 0 Å². The lowest BCUT2D eigenvalue weighted by molar-refractivity contribution is -0.140. The molecule has 534 valence electrons. The van der Waals surface area contributed by atoms with Crippen LogP contribution in [0.3, 0.4) is 0 Å². The van der Waals surface area contributed by atoms with Crippen LogP contribution in [0.4, 0.5) is 28.8 Å². The van der Waals surface area contributed by atoms with Crippen LogP contribution in [-0.4, -0.2) is 176 Å². The van der Waals surface area contributed by atoms with Gasteiger partial charge in [0.2, 0.25) is 0 Å². The number of rotatable bonds is 51. The van der Waals surface area contributed by atoms with Crippen molar-refractivity contribution in [3.63, 3.8) is 0 Å². The number of hydrogen-bond donors (Lipinski definition) is 3. The fourth-order valence-electron chi connectivity index (χ4n) is 6.99. The minimum Gasteiger partial charge on any atom is -0.478 e. The van der Waals surface area contributed by atoms with Gasteiger partial charge in [-0.25, -0.2) is 43.2 Å². The Morgan fingerprint density at radius 2 is 0.413 bits per heavy atom. The number of carboxylic acids is 1. The minimum absolute atomic E-state index is 0.123. The second-order valence-electron chi connectivity index (χ2n) is 23.0. The molecule has 0 aliphatic heterocycles. The summed E-state index contributed by atoms with van der Waals surface area (Å²) in [6, 6.07) is 0. The Kier molecular flexibility index (Phi) is 59.9. The van der Waals surface area contributed by atoms with Gasteiger partial charge in [0.05, 0.1) is 92.5 Å². The predicted molar refractivity (Wildman–Crippen MR) is 339 cm³/mol. The summed E-state index contributed by atoms with van der Waals surface area (Å²) in [5.41, 5.74) is 0.897. The SMILES string of the molecule is C=C(C)C(=O)O.C=C(C)C(=O)OCCC(C)CCOC(=O)OCCCCCCOC(=O)OCCC(C)CCOC(=O)OCCC(C)CCOC(=O)C(=C)C.CC(CCO)CCOC(=O)OCCCCCCOC(=O)OCCC(C)CCOC(=O)OCCC(C)CCO. The lowest BCUT2D eigenvalue weighted by atomic mass is 10.1. The number of carboxylic acid groups (broad SMARTS) is 1. The summed E-state index contributed by atoms with van der Waals surface area (Å²) in [6.07, 6.45) is 9.48. The molecule has 0 aromatic heterocycles. The average Bonchev–Trinajstić information content (AvgIpc) is 3.68. The van der Waals surface area contributed by atoms with E-state index >= 15 is 0 Å². The topological polar surface area (TPSA) is 344 Å². The normalized spacial score (nSPS) is 12.4. The van der Waals surface area contributed by atoms with E-state index in [1.165, 1.54) is 6.92 Å². The Hall–Kier alpha value is -6.83. The van der Waals surface area contributed by atoms with E-state index in [-0.39, 0.29) is 128 Å². The van der Waals surface area contributed by atoms with Crippen LogP contribution in [0.25, 0.3) is 0 Å². The number of aliphatic hydroxyl groups excluding tert-OH is 2. The maximum Gasteiger partial charge on any atom is 0.508 e. The fraction of sp³-hybridized carbons (Fsp3) is 0.773. The molecular weight excluding hydrogens is 1210 g/mol. The molecule has 0 rings (SSSR count). The predicted octanol–water partition coefficient (Wildman–Crippen LogP) is 13.4. The van der Waals surface area contributed by atoms with E-state index in [2.05, 4.69) is 19.7 Å². The van der Waals surface area contributed by atoms with E-state index < -0.39 is 54.8 Å². The Morgan fingerprint density at radius 1 is 0.261 bits per heavy atom.